The average Bonchev–Trinajstić information content (AvgIpc) is 2.23. The number of nitrogens with one attached hydrogen (secondary N) is 1. The van der Waals surface area contributed by atoms with Crippen LogP contribution in [0.2, 0.25) is 5.02 Å². The van der Waals surface area contributed by atoms with Crippen molar-refractivity contribution in [2.75, 3.05) is 26.7 Å². The van der Waals surface area contributed by atoms with E-state index in [1.807, 2.05) is 0 Å². The van der Waals surface area contributed by atoms with Crippen molar-refractivity contribution in [3.63, 3.8) is 0 Å². The first-order valence-corrected chi connectivity index (χ1v) is 5.83. The van der Waals surface area contributed by atoms with Gasteiger partial charge in [-0.1, -0.05) is 11.6 Å². The third kappa shape index (κ3) is 2.37. The molecule has 2 nitrogen and oxygen atoms in total. The topological polar surface area (TPSA) is 15.3 Å². The van der Waals surface area contributed by atoms with E-state index in [1.165, 1.54) is 0 Å². The minimum atomic E-state index is -0.186. The molecule has 1 atom stereocenters. The van der Waals surface area contributed by atoms with Crippen LogP contribution < -0.4 is 5.32 Å². The first kappa shape index (κ1) is 11.8. The minimum absolute atomic E-state index is 0.126. The van der Waals surface area contributed by atoms with Crippen molar-refractivity contribution >= 4 is 11.6 Å². The zero-order chi connectivity index (χ0) is 11.7. The molecule has 4 heteroatoms. The average molecular weight is 243 g/mol. The molecular weight excluding hydrogens is 227 g/mol. The van der Waals surface area contributed by atoms with E-state index in [0.717, 1.165) is 25.2 Å². The second kappa shape index (κ2) is 4.70. The molecular formula is C12H16ClFN2. The van der Waals surface area contributed by atoms with E-state index in [9.17, 15) is 4.39 Å². The summed E-state index contributed by atoms with van der Waals surface area (Å²) >= 11 is 6.16. The Morgan fingerprint density at radius 1 is 1.50 bits per heavy atom. The van der Waals surface area contributed by atoms with Crippen LogP contribution in [0.25, 0.3) is 0 Å². The predicted molar refractivity (Wildman–Crippen MR) is 64.4 cm³/mol. The second-order valence-corrected chi connectivity index (χ2v) is 4.80. The fourth-order valence-electron chi connectivity index (χ4n) is 2.03. The van der Waals surface area contributed by atoms with Gasteiger partial charge in [0.25, 0.3) is 0 Å². The molecule has 2 rings (SSSR count). The van der Waals surface area contributed by atoms with Crippen LogP contribution in [0.5, 0.6) is 0 Å². The maximum atomic E-state index is 13.5. The number of rotatable bonds is 1. The number of benzene rings is 1. The monoisotopic (exact) mass is 242 g/mol. The van der Waals surface area contributed by atoms with Gasteiger partial charge in [0.2, 0.25) is 0 Å². The van der Waals surface area contributed by atoms with Gasteiger partial charge in [-0.05, 0) is 37.2 Å². The summed E-state index contributed by atoms with van der Waals surface area (Å²) in [6.45, 7) is 4.52. The molecule has 1 aliphatic rings. The third-order valence-electron chi connectivity index (χ3n) is 3.03. The Balaban J connectivity index is 2.29. The molecule has 16 heavy (non-hydrogen) atoms. The van der Waals surface area contributed by atoms with Gasteiger partial charge in [-0.25, -0.2) is 4.39 Å². The van der Waals surface area contributed by atoms with Crippen molar-refractivity contribution in [2.24, 2.45) is 0 Å². The Kier molecular flexibility index (Phi) is 3.47. The molecule has 1 unspecified atom stereocenters. The molecule has 0 saturated carbocycles. The summed E-state index contributed by atoms with van der Waals surface area (Å²) in [5, 5.41) is 4.01. The van der Waals surface area contributed by atoms with Gasteiger partial charge >= 0.3 is 0 Å². The number of piperazine rings is 1. The summed E-state index contributed by atoms with van der Waals surface area (Å²) in [6.07, 6.45) is 0. The van der Waals surface area contributed by atoms with Crippen LogP contribution in [-0.4, -0.2) is 31.6 Å². The lowest BCUT2D eigenvalue weighted by molar-refractivity contribution is 0.240. The van der Waals surface area contributed by atoms with Gasteiger partial charge < -0.3 is 10.2 Å². The fraction of sp³-hybridized carbons (Fsp3) is 0.500. The van der Waals surface area contributed by atoms with Gasteiger partial charge in [0.15, 0.2) is 0 Å². The molecule has 0 bridgehead atoms. The molecule has 1 aliphatic heterocycles. The number of aryl methyl sites for hydroxylation is 1. The summed E-state index contributed by atoms with van der Waals surface area (Å²) in [5.41, 5.74) is 1.45. The highest BCUT2D eigenvalue weighted by molar-refractivity contribution is 6.31. The SMILES string of the molecule is Cc1cc(Cl)c(C2CN(C)CCN2)cc1F. The number of halogens is 2. The van der Waals surface area contributed by atoms with Crippen molar-refractivity contribution in [3.8, 4) is 0 Å². The molecule has 0 aromatic heterocycles. The fourth-order valence-corrected chi connectivity index (χ4v) is 2.38. The Labute approximate surface area is 100 Å². The number of hydrogen-bond donors (Lipinski definition) is 1. The van der Waals surface area contributed by atoms with Crippen LogP contribution in [0.3, 0.4) is 0 Å². The molecule has 1 aromatic carbocycles. The van der Waals surface area contributed by atoms with E-state index >= 15 is 0 Å². The van der Waals surface area contributed by atoms with Gasteiger partial charge in [0.05, 0.1) is 0 Å². The largest absolute Gasteiger partial charge is 0.308 e. The zero-order valence-electron chi connectivity index (χ0n) is 9.56. The van der Waals surface area contributed by atoms with Crippen LogP contribution in [0.4, 0.5) is 4.39 Å². The summed E-state index contributed by atoms with van der Waals surface area (Å²) in [5.74, 6) is -0.186. The molecule has 0 amide bonds. The van der Waals surface area contributed by atoms with E-state index < -0.39 is 0 Å². The molecule has 88 valence electrons. The standard InChI is InChI=1S/C12H16ClFN2/c1-8-5-10(13)9(6-11(8)14)12-7-16(2)4-3-15-12/h5-6,12,15H,3-4,7H2,1-2H3. The second-order valence-electron chi connectivity index (χ2n) is 4.39. The van der Waals surface area contributed by atoms with Crippen LogP contribution in [-0.2, 0) is 0 Å². The molecule has 1 N–H and O–H groups in total. The molecule has 0 aliphatic carbocycles. The summed E-state index contributed by atoms with van der Waals surface area (Å²) in [6, 6.07) is 3.37. The summed E-state index contributed by atoms with van der Waals surface area (Å²) in [7, 11) is 2.06. The molecule has 1 heterocycles. The van der Waals surface area contributed by atoms with E-state index in [1.54, 1.807) is 19.1 Å². The highest BCUT2D eigenvalue weighted by Gasteiger charge is 2.21. The van der Waals surface area contributed by atoms with Gasteiger partial charge in [0, 0.05) is 30.7 Å². The van der Waals surface area contributed by atoms with Crippen molar-refractivity contribution in [1.29, 1.82) is 0 Å². The normalized spacial score (nSPS) is 22.4. The summed E-state index contributed by atoms with van der Waals surface area (Å²) < 4.78 is 13.5. The third-order valence-corrected chi connectivity index (χ3v) is 3.36. The van der Waals surface area contributed by atoms with Gasteiger partial charge in [-0.15, -0.1) is 0 Å². The highest BCUT2D eigenvalue weighted by Crippen LogP contribution is 2.27. The lowest BCUT2D eigenvalue weighted by Crippen LogP contribution is -2.43. The van der Waals surface area contributed by atoms with Crippen LogP contribution in [0, 0.1) is 12.7 Å². The van der Waals surface area contributed by atoms with Crippen molar-refractivity contribution in [3.05, 3.63) is 34.1 Å². The maximum absolute atomic E-state index is 13.5. The van der Waals surface area contributed by atoms with Crippen molar-refractivity contribution < 1.29 is 4.39 Å². The predicted octanol–water partition coefficient (Wildman–Crippen LogP) is 2.36. The molecule has 1 fully saturated rings. The molecule has 0 spiro atoms. The number of nitrogens with zero attached hydrogens (tertiary/aromatic N) is 1. The Hall–Kier alpha value is -0.640. The first-order valence-electron chi connectivity index (χ1n) is 5.45. The minimum Gasteiger partial charge on any atom is -0.308 e. The van der Waals surface area contributed by atoms with Gasteiger partial charge in [-0.2, -0.15) is 0 Å². The molecule has 1 aromatic rings. The zero-order valence-corrected chi connectivity index (χ0v) is 10.3. The quantitative estimate of drug-likeness (QED) is 0.814. The smallest absolute Gasteiger partial charge is 0.126 e. The van der Waals surface area contributed by atoms with Crippen molar-refractivity contribution in [2.45, 2.75) is 13.0 Å². The maximum Gasteiger partial charge on any atom is 0.126 e. The lowest BCUT2D eigenvalue weighted by Gasteiger charge is -2.31. The van der Waals surface area contributed by atoms with Crippen LogP contribution in [0.15, 0.2) is 12.1 Å². The lowest BCUT2D eigenvalue weighted by atomic mass is 10.0. The Morgan fingerprint density at radius 2 is 2.25 bits per heavy atom. The van der Waals surface area contributed by atoms with Crippen LogP contribution in [0.1, 0.15) is 17.2 Å². The van der Waals surface area contributed by atoms with Gasteiger partial charge in [-0.3, -0.25) is 0 Å². The molecule has 0 radical (unpaired) electrons. The summed E-state index contributed by atoms with van der Waals surface area (Å²) in [4.78, 5) is 2.22. The van der Waals surface area contributed by atoms with E-state index in [-0.39, 0.29) is 11.9 Å². The van der Waals surface area contributed by atoms with E-state index in [0.29, 0.717) is 10.6 Å². The van der Waals surface area contributed by atoms with E-state index in [4.69, 9.17) is 11.6 Å². The Morgan fingerprint density at radius 3 is 2.94 bits per heavy atom. The highest BCUT2D eigenvalue weighted by atomic mass is 35.5. The molecule has 1 saturated heterocycles. The Bertz CT molecular complexity index is 395. The number of likely N-dealkylation sites (N-methyl/N-ethyl adjacent to an activating group) is 1. The van der Waals surface area contributed by atoms with Gasteiger partial charge in [0.1, 0.15) is 5.82 Å². The van der Waals surface area contributed by atoms with Crippen molar-refractivity contribution in [1.82, 2.24) is 10.2 Å². The van der Waals surface area contributed by atoms with E-state index in [2.05, 4.69) is 17.3 Å². The van der Waals surface area contributed by atoms with Crippen LogP contribution >= 0.6 is 11.6 Å². The first-order chi connectivity index (χ1) is 7.58. The number of hydrogen-bond acceptors (Lipinski definition) is 2.